The number of carbonyl (C=O) groups excluding carboxylic acids is 1. The van der Waals surface area contributed by atoms with Gasteiger partial charge in [-0.25, -0.2) is 0 Å². The van der Waals surface area contributed by atoms with E-state index in [1.165, 1.54) is 0 Å². The van der Waals surface area contributed by atoms with E-state index in [0.717, 1.165) is 17.1 Å². The van der Waals surface area contributed by atoms with Crippen molar-refractivity contribution in [2.45, 2.75) is 25.9 Å². The van der Waals surface area contributed by atoms with Crippen LogP contribution in [-0.2, 0) is 11.3 Å². The predicted octanol–water partition coefficient (Wildman–Crippen LogP) is 2.12. The monoisotopic (exact) mass is 296 g/mol. The van der Waals surface area contributed by atoms with Crippen molar-refractivity contribution in [1.29, 1.82) is 0 Å². The fraction of sp³-hybridized carbons (Fsp3) is 0.533. The van der Waals surface area contributed by atoms with Crippen LogP contribution in [0, 0.1) is 0 Å². The maximum absolute atomic E-state index is 12.1. The molecular formula is C15H24N2O2S. The molecule has 0 saturated heterocycles. The van der Waals surface area contributed by atoms with Crippen LogP contribution in [0.5, 0.6) is 5.75 Å². The second kappa shape index (κ2) is 8.87. The first kappa shape index (κ1) is 16.9. The number of amides is 1. The minimum absolute atomic E-state index is 0.00654. The Bertz CT molecular complexity index is 409. The highest BCUT2D eigenvalue weighted by Gasteiger charge is 2.17. The van der Waals surface area contributed by atoms with Gasteiger partial charge in [0.25, 0.3) is 0 Å². The van der Waals surface area contributed by atoms with Gasteiger partial charge in [0.15, 0.2) is 0 Å². The van der Waals surface area contributed by atoms with Crippen molar-refractivity contribution >= 4 is 17.7 Å². The molecule has 0 saturated carbocycles. The lowest BCUT2D eigenvalue weighted by Crippen LogP contribution is -2.41. The Kier molecular flexibility index (Phi) is 7.47. The quantitative estimate of drug-likeness (QED) is 0.798. The zero-order valence-electron chi connectivity index (χ0n) is 12.5. The summed E-state index contributed by atoms with van der Waals surface area (Å²) < 4.78 is 5.39. The van der Waals surface area contributed by atoms with E-state index < -0.39 is 6.04 Å². The highest BCUT2D eigenvalue weighted by Crippen LogP contribution is 2.13. The van der Waals surface area contributed by atoms with Crippen LogP contribution in [0.2, 0.25) is 0 Å². The minimum atomic E-state index is -0.407. The molecule has 0 aliphatic carbocycles. The van der Waals surface area contributed by atoms with E-state index >= 15 is 0 Å². The molecule has 5 heteroatoms. The normalized spacial score (nSPS) is 12.0. The van der Waals surface area contributed by atoms with Crippen LogP contribution in [0.3, 0.4) is 0 Å². The molecule has 0 aromatic heterocycles. The molecule has 1 rings (SSSR count). The van der Waals surface area contributed by atoms with Crippen molar-refractivity contribution < 1.29 is 9.53 Å². The lowest BCUT2D eigenvalue weighted by Gasteiger charge is -2.21. The number of likely N-dealkylation sites (N-methyl/N-ethyl adjacent to an activating group) is 1. The van der Waals surface area contributed by atoms with Crippen molar-refractivity contribution in [2.24, 2.45) is 5.73 Å². The number of hydrogen-bond donors (Lipinski definition) is 1. The molecular weight excluding hydrogens is 272 g/mol. The molecule has 20 heavy (non-hydrogen) atoms. The van der Waals surface area contributed by atoms with E-state index in [1.54, 1.807) is 23.7 Å². The van der Waals surface area contributed by atoms with Crippen molar-refractivity contribution in [2.75, 3.05) is 25.7 Å². The van der Waals surface area contributed by atoms with Gasteiger partial charge in [0.1, 0.15) is 5.75 Å². The van der Waals surface area contributed by atoms with Crippen LogP contribution in [0.1, 0.15) is 18.9 Å². The summed E-state index contributed by atoms with van der Waals surface area (Å²) in [5.74, 6) is 1.75. The first-order chi connectivity index (χ1) is 9.58. The molecule has 0 heterocycles. The summed E-state index contributed by atoms with van der Waals surface area (Å²) in [5, 5.41) is 0. The smallest absolute Gasteiger partial charge is 0.239 e. The number of rotatable bonds is 8. The van der Waals surface area contributed by atoms with Crippen LogP contribution < -0.4 is 10.5 Å². The third-order valence-corrected chi connectivity index (χ3v) is 3.62. The molecule has 0 unspecified atom stereocenters. The number of benzene rings is 1. The molecule has 0 radical (unpaired) electrons. The van der Waals surface area contributed by atoms with Gasteiger partial charge in [-0.2, -0.15) is 11.8 Å². The second-order valence-electron chi connectivity index (χ2n) is 4.66. The molecule has 0 aliphatic rings. The zero-order chi connectivity index (χ0) is 15.0. The molecule has 0 fully saturated rings. The molecule has 112 valence electrons. The lowest BCUT2D eigenvalue weighted by atomic mass is 10.1. The molecule has 1 aromatic rings. The molecule has 1 aromatic carbocycles. The average molecular weight is 296 g/mol. The molecule has 0 aliphatic heterocycles. The third-order valence-electron chi connectivity index (χ3n) is 2.98. The zero-order valence-corrected chi connectivity index (χ0v) is 13.3. The largest absolute Gasteiger partial charge is 0.494 e. The third kappa shape index (κ3) is 5.43. The highest BCUT2D eigenvalue weighted by molar-refractivity contribution is 7.98. The maximum atomic E-state index is 12.1. The summed E-state index contributed by atoms with van der Waals surface area (Å²) in [6, 6.07) is 7.38. The molecule has 0 bridgehead atoms. The second-order valence-corrected chi connectivity index (χ2v) is 5.64. The molecule has 0 spiro atoms. The Labute approximate surface area is 125 Å². The predicted molar refractivity (Wildman–Crippen MR) is 85.1 cm³/mol. The molecule has 4 nitrogen and oxygen atoms in total. The van der Waals surface area contributed by atoms with Gasteiger partial charge in [-0.05, 0) is 43.0 Å². The first-order valence-electron chi connectivity index (χ1n) is 6.79. The standard InChI is InChI=1S/C15H24N2O2S/c1-4-19-13-7-5-12(6-8-13)11-17(2)15(18)14(16)9-10-20-3/h5-8,14H,4,9-11,16H2,1-3H3/t14-/m1/s1. The van der Waals surface area contributed by atoms with Crippen molar-refractivity contribution in [3.63, 3.8) is 0 Å². The van der Waals surface area contributed by atoms with Gasteiger partial charge in [0.05, 0.1) is 12.6 Å². The van der Waals surface area contributed by atoms with E-state index in [-0.39, 0.29) is 5.91 Å². The fourth-order valence-electron chi connectivity index (χ4n) is 1.86. The van der Waals surface area contributed by atoms with Crippen LogP contribution in [0.15, 0.2) is 24.3 Å². The van der Waals surface area contributed by atoms with Gasteiger partial charge in [-0.3, -0.25) is 4.79 Å². The topological polar surface area (TPSA) is 55.6 Å². The Morgan fingerprint density at radius 2 is 2.05 bits per heavy atom. The number of thioether (sulfide) groups is 1. The summed E-state index contributed by atoms with van der Waals surface area (Å²) in [7, 11) is 1.79. The van der Waals surface area contributed by atoms with Gasteiger partial charge >= 0.3 is 0 Å². The summed E-state index contributed by atoms with van der Waals surface area (Å²) in [4.78, 5) is 13.8. The van der Waals surface area contributed by atoms with Gasteiger partial charge in [-0.1, -0.05) is 12.1 Å². The number of nitrogens with two attached hydrogens (primary N) is 1. The van der Waals surface area contributed by atoms with E-state index in [4.69, 9.17) is 10.5 Å². The van der Waals surface area contributed by atoms with Gasteiger partial charge in [0.2, 0.25) is 5.91 Å². The van der Waals surface area contributed by atoms with Gasteiger partial charge in [-0.15, -0.1) is 0 Å². The minimum Gasteiger partial charge on any atom is -0.494 e. The van der Waals surface area contributed by atoms with E-state index in [9.17, 15) is 4.79 Å². The maximum Gasteiger partial charge on any atom is 0.239 e. The van der Waals surface area contributed by atoms with Crippen molar-refractivity contribution in [3.05, 3.63) is 29.8 Å². The van der Waals surface area contributed by atoms with E-state index in [0.29, 0.717) is 19.6 Å². The van der Waals surface area contributed by atoms with Gasteiger partial charge < -0.3 is 15.4 Å². The van der Waals surface area contributed by atoms with E-state index in [2.05, 4.69) is 0 Å². The number of hydrogen-bond acceptors (Lipinski definition) is 4. The number of nitrogens with zero attached hydrogens (tertiary/aromatic N) is 1. The molecule has 1 atom stereocenters. The Balaban J connectivity index is 2.52. The van der Waals surface area contributed by atoms with Crippen molar-refractivity contribution in [3.8, 4) is 5.75 Å². The van der Waals surface area contributed by atoms with Gasteiger partial charge in [0, 0.05) is 13.6 Å². The Morgan fingerprint density at radius 1 is 1.40 bits per heavy atom. The lowest BCUT2D eigenvalue weighted by molar-refractivity contribution is -0.131. The van der Waals surface area contributed by atoms with Crippen molar-refractivity contribution in [1.82, 2.24) is 4.90 Å². The Morgan fingerprint density at radius 3 is 2.60 bits per heavy atom. The summed E-state index contributed by atoms with van der Waals surface area (Å²) in [6.07, 6.45) is 2.73. The summed E-state index contributed by atoms with van der Waals surface area (Å²) in [5.41, 5.74) is 6.97. The van der Waals surface area contributed by atoms with Crippen LogP contribution in [-0.4, -0.2) is 42.5 Å². The van der Waals surface area contributed by atoms with Crippen LogP contribution in [0.4, 0.5) is 0 Å². The van der Waals surface area contributed by atoms with Crippen LogP contribution in [0.25, 0.3) is 0 Å². The number of ether oxygens (including phenoxy) is 1. The highest BCUT2D eigenvalue weighted by atomic mass is 32.2. The summed E-state index contributed by atoms with van der Waals surface area (Å²) in [6.45, 7) is 3.18. The molecule has 1 amide bonds. The number of carbonyl (C=O) groups is 1. The fourth-order valence-corrected chi connectivity index (χ4v) is 2.35. The Hall–Kier alpha value is -1.20. The van der Waals surface area contributed by atoms with E-state index in [1.807, 2.05) is 37.4 Å². The first-order valence-corrected chi connectivity index (χ1v) is 8.19. The molecule has 2 N–H and O–H groups in total. The summed E-state index contributed by atoms with van der Waals surface area (Å²) >= 11 is 1.70. The SMILES string of the molecule is CCOc1ccc(CN(C)C(=O)[C@H](N)CCSC)cc1. The van der Waals surface area contributed by atoms with Crippen LogP contribution >= 0.6 is 11.8 Å². The average Bonchev–Trinajstić information content (AvgIpc) is 2.46.